The van der Waals surface area contributed by atoms with Crippen molar-refractivity contribution >= 4 is 11.8 Å². The quantitative estimate of drug-likeness (QED) is 0.447. The van der Waals surface area contributed by atoms with Gasteiger partial charge in [0.2, 0.25) is 5.91 Å². The number of ether oxygens (including phenoxy) is 1. The molecule has 1 aliphatic heterocycles. The van der Waals surface area contributed by atoms with E-state index >= 15 is 0 Å². The lowest BCUT2D eigenvalue weighted by Gasteiger charge is -2.32. The van der Waals surface area contributed by atoms with Gasteiger partial charge in [0, 0.05) is 37.3 Å². The number of rotatable bonds is 7. The van der Waals surface area contributed by atoms with Crippen molar-refractivity contribution in [2.24, 2.45) is 0 Å². The van der Waals surface area contributed by atoms with Crippen LogP contribution in [0.2, 0.25) is 0 Å². The Morgan fingerprint density at radius 2 is 1.72 bits per heavy atom. The minimum absolute atomic E-state index is 0.0569. The molecule has 1 N–H and O–H groups in total. The Morgan fingerprint density at radius 1 is 1.05 bits per heavy atom. The molecule has 2 amide bonds. The summed E-state index contributed by atoms with van der Waals surface area (Å²) in [6.07, 6.45) is -2.35. The molecular formula is C29H31F3N4O3. The predicted octanol–water partition coefficient (Wildman–Crippen LogP) is 5.18. The van der Waals surface area contributed by atoms with Crippen molar-refractivity contribution in [3.05, 3.63) is 88.0 Å². The van der Waals surface area contributed by atoms with Crippen molar-refractivity contribution in [1.29, 1.82) is 0 Å². The number of carbonyl (C=O) groups is 2. The van der Waals surface area contributed by atoms with E-state index in [2.05, 4.69) is 26.1 Å². The average molecular weight is 541 g/mol. The molecule has 1 saturated heterocycles. The van der Waals surface area contributed by atoms with Gasteiger partial charge >= 0.3 is 6.36 Å². The van der Waals surface area contributed by atoms with Crippen LogP contribution in [0.15, 0.2) is 48.7 Å². The lowest BCUT2D eigenvalue weighted by Crippen LogP contribution is -2.39. The molecule has 1 aromatic heterocycles. The highest BCUT2D eigenvalue weighted by Crippen LogP contribution is 2.31. The Labute approximate surface area is 225 Å². The van der Waals surface area contributed by atoms with Crippen LogP contribution < -0.4 is 10.1 Å². The number of aryl methyl sites for hydroxylation is 3. The standard InChI is InChI=1S/C29H31F3N4O3/c1-18-12-19(2)14-21(13-18)16-34-28(38)24-17-33-20(3)35-27(24)22-8-10-36(11-9-22)26(37)15-23-6-4-5-7-25(23)39-29(30,31)32/h4-7,12-14,17,22H,8-11,15-16H2,1-3H3,(H,34,38). The van der Waals surface area contributed by atoms with E-state index in [4.69, 9.17) is 0 Å². The summed E-state index contributed by atoms with van der Waals surface area (Å²) in [5.41, 5.74) is 4.48. The number of halogens is 3. The van der Waals surface area contributed by atoms with Gasteiger partial charge in [0.25, 0.3) is 5.91 Å². The Hall–Kier alpha value is -3.95. The zero-order valence-electron chi connectivity index (χ0n) is 22.1. The summed E-state index contributed by atoms with van der Waals surface area (Å²) in [5, 5.41) is 2.97. The maximum Gasteiger partial charge on any atom is 0.573 e. The molecule has 39 heavy (non-hydrogen) atoms. The molecule has 206 valence electrons. The van der Waals surface area contributed by atoms with Crippen molar-refractivity contribution in [3.8, 4) is 5.75 Å². The maximum atomic E-state index is 13.1. The van der Waals surface area contributed by atoms with Crippen molar-refractivity contribution in [1.82, 2.24) is 20.2 Å². The molecule has 0 bridgehead atoms. The summed E-state index contributed by atoms with van der Waals surface area (Å²) >= 11 is 0. The first kappa shape index (κ1) is 28.1. The molecular weight excluding hydrogens is 509 g/mol. The number of likely N-dealkylation sites (tertiary alicyclic amines) is 1. The van der Waals surface area contributed by atoms with E-state index in [9.17, 15) is 22.8 Å². The third-order valence-corrected chi connectivity index (χ3v) is 6.69. The van der Waals surface area contributed by atoms with Gasteiger partial charge in [-0.25, -0.2) is 9.97 Å². The van der Waals surface area contributed by atoms with E-state index in [1.807, 2.05) is 26.0 Å². The zero-order chi connectivity index (χ0) is 28.2. The number of hydrogen-bond donors (Lipinski definition) is 1. The van der Waals surface area contributed by atoms with Gasteiger partial charge in [0.15, 0.2) is 0 Å². The second kappa shape index (κ2) is 11.8. The fourth-order valence-corrected chi connectivity index (χ4v) is 4.97. The molecule has 2 heterocycles. The maximum absolute atomic E-state index is 13.1. The second-order valence-electron chi connectivity index (χ2n) is 9.88. The van der Waals surface area contributed by atoms with Gasteiger partial charge in [-0.2, -0.15) is 0 Å². The summed E-state index contributed by atoms with van der Waals surface area (Å²) in [6.45, 7) is 6.96. The first-order valence-electron chi connectivity index (χ1n) is 12.8. The molecule has 3 aromatic rings. The number of para-hydroxylation sites is 1. The van der Waals surface area contributed by atoms with Gasteiger partial charge in [0.05, 0.1) is 17.7 Å². The molecule has 10 heteroatoms. The van der Waals surface area contributed by atoms with Crippen LogP contribution in [-0.4, -0.2) is 46.1 Å². The minimum Gasteiger partial charge on any atom is -0.405 e. The van der Waals surface area contributed by atoms with E-state index in [0.29, 0.717) is 49.6 Å². The molecule has 7 nitrogen and oxygen atoms in total. The molecule has 0 aliphatic carbocycles. The topological polar surface area (TPSA) is 84.4 Å². The van der Waals surface area contributed by atoms with Crippen LogP contribution in [0, 0.1) is 20.8 Å². The molecule has 0 unspecified atom stereocenters. The number of alkyl halides is 3. The van der Waals surface area contributed by atoms with Crippen molar-refractivity contribution < 1.29 is 27.5 Å². The molecule has 0 saturated carbocycles. The van der Waals surface area contributed by atoms with E-state index in [1.54, 1.807) is 24.1 Å². The Kier molecular flexibility index (Phi) is 8.52. The van der Waals surface area contributed by atoms with Gasteiger partial charge in [0.1, 0.15) is 11.6 Å². The number of aromatic nitrogens is 2. The SMILES string of the molecule is Cc1cc(C)cc(CNC(=O)c2cnc(C)nc2C2CCN(C(=O)Cc3ccccc3OC(F)(F)F)CC2)c1. The van der Waals surface area contributed by atoms with E-state index < -0.39 is 6.36 Å². The molecule has 4 rings (SSSR count). The number of amides is 2. The van der Waals surface area contributed by atoms with Gasteiger partial charge in [-0.3, -0.25) is 9.59 Å². The zero-order valence-corrected chi connectivity index (χ0v) is 22.1. The van der Waals surface area contributed by atoms with Gasteiger partial charge in [-0.15, -0.1) is 13.2 Å². The fraction of sp³-hybridized carbons (Fsp3) is 0.379. The number of carbonyl (C=O) groups excluding carboxylic acids is 2. The minimum atomic E-state index is -4.84. The smallest absolute Gasteiger partial charge is 0.405 e. The highest BCUT2D eigenvalue weighted by molar-refractivity contribution is 5.95. The van der Waals surface area contributed by atoms with Crippen molar-refractivity contribution in [3.63, 3.8) is 0 Å². The van der Waals surface area contributed by atoms with E-state index in [1.165, 1.54) is 18.2 Å². The first-order valence-corrected chi connectivity index (χ1v) is 12.8. The number of benzene rings is 2. The van der Waals surface area contributed by atoms with Crippen LogP contribution in [-0.2, 0) is 17.8 Å². The normalized spacial score (nSPS) is 14.3. The molecule has 1 aliphatic rings. The van der Waals surface area contributed by atoms with E-state index in [0.717, 1.165) is 16.7 Å². The lowest BCUT2D eigenvalue weighted by molar-refractivity contribution is -0.274. The monoisotopic (exact) mass is 540 g/mol. The Balaban J connectivity index is 1.40. The number of hydrogen-bond acceptors (Lipinski definition) is 5. The summed E-state index contributed by atoms with van der Waals surface area (Å²) < 4.78 is 42.3. The lowest BCUT2D eigenvalue weighted by atomic mass is 9.90. The molecule has 1 fully saturated rings. The van der Waals surface area contributed by atoms with Crippen LogP contribution in [0.25, 0.3) is 0 Å². The summed E-state index contributed by atoms with van der Waals surface area (Å²) in [4.78, 5) is 36.5. The Morgan fingerprint density at radius 3 is 2.38 bits per heavy atom. The summed E-state index contributed by atoms with van der Waals surface area (Å²) in [7, 11) is 0. The third-order valence-electron chi connectivity index (χ3n) is 6.69. The van der Waals surface area contributed by atoms with Crippen LogP contribution in [0.1, 0.15) is 62.9 Å². The summed E-state index contributed by atoms with van der Waals surface area (Å²) in [6, 6.07) is 11.8. The largest absolute Gasteiger partial charge is 0.573 e. The second-order valence-corrected chi connectivity index (χ2v) is 9.88. The van der Waals surface area contributed by atoms with Crippen LogP contribution in [0.4, 0.5) is 13.2 Å². The van der Waals surface area contributed by atoms with E-state index in [-0.39, 0.29) is 35.5 Å². The highest BCUT2D eigenvalue weighted by atomic mass is 19.4. The molecule has 0 spiro atoms. The average Bonchev–Trinajstić information content (AvgIpc) is 2.87. The van der Waals surface area contributed by atoms with Crippen LogP contribution >= 0.6 is 0 Å². The van der Waals surface area contributed by atoms with Crippen LogP contribution in [0.3, 0.4) is 0 Å². The fourth-order valence-electron chi connectivity index (χ4n) is 4.97. The van der Waals surface area contributed by atoms with Crippen molar-refractivity contribution in [2.45, 2.75) is 58.9 Å². The van der Waals surface area contributed by atoms with Crippen LogP contribution in [0.5, 0.6) is 5.75 Å². The van der Waals surface area contributed by atoms with Gasteiger partial charge in [-0.05, 0) is 45.2 Å². The van der Waals surface area contributed by atoms with Gasteiger partial charge in [-0.1, -0.05) is 47.5 Å². The molecule has 0 atom stereocenters. The first-order chi connectivity index (χ1) is 18.5. The predicted molar refractivity (Wildman–Crippen MR) is 139 cm³/mol. The number of nitrogens with one attached hydrogen (secondary N) is 1. The van der Waals surface area contributed by atoms with Gasteiger partial charge < -0.3 is 15.0 Å². The third kappa shape index (κ3) is 7.55. The molecule has 2 aromatic carbocycles. The molecule has 0 radical (unpaired) electrons. The Bertz CT molecular complexity index is 1330. The van der Waals surface area contributed by atoms with Crippen molar-refractivity contribution in [2.75, 3.05) is 13.1 Å². The highest BCUT2D eigenvalue weighted by Gasteiger charge is 2.33. The number of piperidine rings is 1. The number of nitrogens with zero attached hydrogens (tertiary/aromatic N) is 3. The summed E-state index contributed by atoms with van der Waals surface area (Å²) in [5.74, 6) is -0.420.